The van der Waals surface area contributed by atoms with E-state index in [2.05, 4.69) is 9.98 Å². The number of hydrogen-bond donors (Lipinski definition) is 0. The number of hydrogen-bond acceptors (Lipinski definition) is 5. The predicted octanol–water partition coefficient (Wildman–Crippen LogP) is 1.31. The maximum absolute atomic E-state index is 10.1. The molecule has 0 aliphatic carbocycles. The zero-order valence-corrected chi connectivity index (χ0v) is 8.68. The van der Waals surface area contributed by atoms with Crippen LogP contribution < -0.4 is 0 Å². The van der Waals surface area contributed by atoms with E-state index in [9.17, 15) is 9.59 Å². The molecule has 1 heterocycles. The van der Waals surface area contributed by atoms with Crippen molar-refractivity contribution in [2.45, 2.75) is 24.0 Å². The molecule has 1 fully saturated rings. The van der Waals surface area contributed by atoms with Gasteiger partial charge in [-0.05, 0) is 18.6 Å². The van der Waals surface area contributed by atoms with Crippen molar-refractivity contribution >= 4 is 23.9 Å². The summed E-state index contributed by atoms with van der Waals surface area (Å²) in [5, 5.41) is 0. The molecule has 0 bridgehead atoms. The SMILES string of the molecule is O=C=NCC1(CN=C=O)CCCCS1. The number of isocyanates is 2. The van der Waals surface area contributed by atoms with Crippen LogP contribution in [0, 0.1) is 0 Å². The Hall–Kier alpha value is -0.890. The topological polar surface area (TPSA) is 58.9 Å². The highest BCUT2D eigenvalue weighted by Gasteiger charge is 2.32. The Morgan fingerprint density at radius 1 is 1.14 bits per heavy atom. The Bertz CT molecular complexity index is 253. The molecule has 0 saturated carbocycles. The van der Waals surface area contributed by atoms with E-state index in [4.69, 9.17) is 0 Å². The van der Waals surface area contributed by atoms with Gasteiger partial charge in [0.25, 0.3) is 0 Å². The molecule has 1 aliphatic heterocycles. The van der Waals surface area contributed by atoms with Crippen molar-refractivity contribution in [3.63, 3.8) is 0 Å². The van der Waals surface area contributed by atoms with Gasteiger partial charge in [0, 0.05) is 0 Å². The van der Waals surface area contributed by atoms with Crippen LogP contribution in [0.25, 0.3) is 0 Å². The van der Waals surface area contributed by atoms with E-state index in [1.54, 1.807) is 11.8 Å². The average molecular weight is 212 g/mol. The maximum Gasteiger partial charge on any atom is 0.234 e. The van der Waals surface area contributed by atoms with Gasteiger partial charge in [-0.2, -0.15) is 11.8 Å². The lowest BCUT2D eigenvalue weighted by molar-refractivity contribution is 0.506. The van der Waals surface area contributed by atoms with Gasteiger partial charge in [0.05, 0.1) is 17.8 Å². The Morgan fingerprint density at radius 3 is 2.21 bits per heavy atom. The molecule has 5 heteroatoms. The Morgan fingerprint density at radius 2 is 1.79 bits per heavy atom. The summed E-state index contributed by atoms with van der Waals surface area (Å²) in [7, 11) is 0. The molecule has 0 aromatic rings. The molecule has 14 heavy (non-hydrogen) atoms. The second kappa shape index (κ2) is 5.76. The highest BCUT2D eigenvalue weighted by molar-refractivity contribution is 8.00. The van der Waals surface area contributed by atoms with E-state index in [-0.39, 0.29) is 4.75 Å². The molecule has 0 spiro atoms. The quantitative estimate of drug-likeness (QED) is 0.521. The smallest absolute Gasteiger partial charge is 0.211 e. The van der Waals surface area contributed by atoms with Gasteiger partial charge in [0.2, 0.25) is 12.2 Å². The fourth-order valence-electron chi connectivity index (χ4n) is 1.56. The van der Waals surface area contributed by atoms with Crippen LogP contribution in [-0.4, -0.2) is 35.7 Å². The van der Waals surface area contributed by atoms with Gasteiger partial charge in [-0.15, -0.1) is 0 Å². The third-order valence-corrected chi connectivity index (χ3v) is 3.87. The van der Waals surface area contributed by atoms with Crippen LogP contribution in [0.5, 0.6) is 0 Å². The average Bonchev–Trinajstić information content (AvgIpc) is 2.25. The van der Waals surface area contributed by atoms with Gasteiger partial charge in [0.15, 0.2) is 0 Å². The summed E-state index contributed by atoms with van der Waals surface area (Å²) < 4.78 is -0.160. The maximum atomic E-state index is 10.1. The molecule has 4 nitrogen and oxygen atoms in total. The summed E-state index contributed by atoms with van der Waals surface area (Å²) >= 11 is 1.75. The fraction of sp³-hybridized carbons (Fsp3) is 0.778. The highest BCUT2D eigenvalue weighted by atomic mass is 32.2. The van der Waals surface area contributed by atoms with Crippen LogP contribution in [0.4, 0.5) is 0 Å². The first-order valence-corrected chi connectivity index (χ1v) is 5.53. The molecule has 0 aromatic carbocycles. The molecule has 0 aromatic heterocycles. The van der Waals surface area contributed by atoms with E-state index in [0.29, 0.717) is 13.1 Å². The highest BCUT2D eigenvalue weighted by Crippen LogP contribution is 2.36. The van der Waals surface area contributed by atoms with Crippen LogP contribution in [0.15, 0.2) is 9.98 Å². The minimum absolute atomic E-state index is 0.160. The van der Waals surface area contributed by atoms with E-state index in [1.165, 1.54) is 18.6 Å². The molecular formula is C9H12N2O2S. The summed E-state index contributed by atoms with van der Waals surface area (Å²) in [5.41, 5.74) is 0. The Kier molecular flexibility index (Phi) is 4.60. The van der Waals surface area contributed by atoms with Crippen LogP contribution in [0.2, 0.25) is 0 Å². The molecule has 0 atom stereocenters. The Balaban J connectivity index is 2.65. The van der Waals surface area contributed by atoms with E-state index >= 15 is 0 Å². The van der Waals surface area contributed by atoms with Crippen molar-refractivity contribution in [3.8, 4) is 0 Å². The normalized spacial score (nSPS) is 26.0. The van der Waals surface area contributed by atoms with Gasteiger partial charge in [-0.3, -0.25) is 0 Å². The fourth-order valence-corrected chi connectivity index (χ4v) is 2.94. The van der Waals surface area contributed by atoms with Crippen LogP contribution in [0.3, 0.4) is 0 Å². The second-order valence-corrected chi connectivity index (χ2v) is 4.87. The van der Waals surface area contributed by atoms with Crippen LogP contribution >= 0.6 is 11.8 Å². The van der Waals surface area contributed by atoms with Crippen molar-refractivity contribution < 1.29 is 9.59 Å². The van der Waals surface area contributed by atoms with Crippen LogP contribution in [0.1, 0.15) is 19.3 Å². The van der Waals surface area contributed by atoms with Crippen molar-refractivity contribution in [2.24, 2.45) is 9.98 Å². The molecule has 0 N–H and O–H groups in total. The molecule has 0 unspecified atom stereocenters. The van der Waals surface area contributed by atoms with Crippen molar-refractivity contribution in [3.05, 3.63) is 0 Å². The van der Waals surface area contributed by atoms with E-state index in [0.717, 1.165) is 18.6 Å². The standard InChI is InChI=1S/C9H12N2O2S/c12-7-10-5-9(6-11-8-13)3-1-2-4-14-9/h1-6H2. The van der Waals surface area contributed by atoms with Gasteiger partial charge >= 0.3 is 0 Å². The number of rotatable bonds is 4. The van der Waals surface area contributed by atoms with Crippen molar-refractivity contribution in [1.82, 2.24) is 0 Å². The Labute approximate surface area is 86.9 Å². The van der Waals surface area contributed by atoms with Crippen molar-refractivity contribution in [1.29, 1.82) is 0 Å². The third-order valence-electron chi connectivity index (χ3n) is 2.30. The third kappa shape index (κ3) is 3.11. The number of thioether (sulfide) groups is 1. The van der Waals surface area contributed by atoms with Gasteiger partial charge in [-0.1, -0.05) is 6.42 Å². The van der Waals surface area contributed by atoms with Gasteiger partial charge in [0.1, 0.15) is 0 Å². The van der Waals surface area contributed by atoms with Gasteiger partial charge < -0.3 is 0 Å². The van der Waals surface area contributed by atoms with E-state index in [1.807, 2.05) is 0 Å². The first-order chi connectivity index (χ1) is 6.83. The first kappa shape index (κ1) is 11.2. The summed E-state index contributed by atoms with van der Waals surface area (Å²) in [6, 6.07) is 0. The molecule has 76 valence electrons. The number of carbonyl (C=O) groups excluding carboxylic acids is 2. The molecule has 1 aliphatic rings. The van der Waals surface area contributed by atoms with E-state index < -0.39 is 0 Å². The first-order valence-electron chi connectivity index (χ1n) is 4.54. The predicted molar refractivity (Wildman–Crippen MR) is 55.0 cm³/mol. The zero-order valence-electron chi connectivity index (χ0n) is 7.86. The summed E-state index contributed by atoms with van der Waals surface area (Å²) in [4.78, 5) is 27.3. The summed E-state index contributed by atoms with van der Waals surface area (Å²) in [6.45, 7) is 0.818. The molecule has 0 amide bonds. The minimum atomic E-state index is -0.160. The van der Waals surface area contributed by atoms with Crippen LogP contribution in [-0.2, 0) is 9.59 Å². The van der Waals surface area contributed by atoms with Crippen molar-refractivity contribution in [2.75, 3.05) is 18.8 Å². The summed E-state index contributed by atoms with van der Waals surface area (Å²) in [6.07, 6.45) is 6.32. The number of nitrogens with zero attached hydrogens (tertiary/aromatic N) is 2. The largest absolute Gasteiger partial charge is 0.234 e. The lowest BCUT2D eigenvalue weighted by Crippen LogP contribution is -2.35. The monoisotopic (exact) mass is 212 g/mol. The zero-order chi connectivity index (χ0) is 10.3. The molecular weight excluding hydrogens is 200 g/mol. The molecule has 1 saturated heterocycles. The molecule has 1 rings (SSSR count). The lowest BCUT2D eigenvalue weighted by atomic mass is 10.0. The minimum Gasteiger partial charge on any atom is -0.211 e. The number of aliphatic imine (C=N–C) groups is 2. The second-order valence-electron chi connectivity index (χ2n) is 3.30. The lowest BCUT2D eigenvalue weighted by Gasteiger charge is -2.32. The summed E-state index contributed by atoms with van der Waals surface area (Å²) in [5.74, 6) is 1.04. The van der Waals surface area contributed by atoms with Gasteiger partial charge in [-0.25, -0.2) is 19.6 Å². The molecule has 0 radical (unpaired) electrons.